The number of nitrogens with one attached hydrogen (secondary N) is 1. The Bertz CT molecular complexity index is 867. The number of fused-ring (bicyclic) bond motifs is 1. The highest BCUT2D eigenvalue weighted by Gasteiger charge is 2.35. The summed E-state index contributed by atoms with van der Waals surface area (Å²) in [4.78, 5) is 17.8. The number of nitrogens with zero attached hydrogens (tertiary/aromatic N) is 3. The zero-order valence-electron chi connectivity index (χ0n) is 16.0. The van der Waals surface area contributed by atoms with Crippen LogP contribution >= 0.6 is 23.5 Å². The maximum absolute atomic E-state index is 12.5. The van der Waals surface area contributed by atoms with E-state index in [1.165, 1.54) is 48.9 Å². The van der Waals surface area contributed by atoms with Crippen molar-refractivity contribution in [1.82, 2.24) is 5.01 Å². The van der Waals surface area contributed by atoms with E-state index < -0.39 is 0 Å². The van der Waals surface area contributed by atoms with E-state index in [1.807, 2.05) is 30.5 Å². The number of rotatable bonds is 5. The SMILES string of the molecule is CSc1ccc(/C=C2/C(=N)N3N=C(CCC4CCCCC4)SC3=NC2=O)cc1. The number of carbonyl (C=O) groups excluding carboxylic acids is 1. The number of benzene rings is 1. The molecule has 5 nitrogen and oxygen atoms in total. The van der Waals surface area contributed by atoms with Gasteiger partial charge in [0.25, 0.3) is 5.91 Å². The number of hydrogen-bond acceptors (Lipinski definition) is 5. The van der Waals surface area contributed by atoms with E-state index in [-0.39, 0.29) is 11.7 Å². The van der Waals surface area contributed by atoms with Crippen molar-refractivity contribution in [3.8, 4) is 0 Å². The average Bonchev–Trinajstić information content (AvgIpc) is 3.14. The maximum Gasteiger partial charge on any atom is 0.283 e. The lowest BCUT2D eigenvalue weighted by Gasteiger charge is -2.20. The molecule has 0 saturated heterocycles. The van der Waals surface area contributed by atoms with Gasteiger partial charge < -0.3 is 0 Å². The highest BCUT2D eigenvalue weighted by atomic mass is 32.2. The average molecular weight is 413 g/mol. The first-order valence-electron chi connectivity index (χ1n) is 9.77. The molecular formula is C21H24N4OS2. The molecule has 2 aliphatic heterocycles. The van der Waals surface area contributed by atoms with Gasteiger partial charge in [0.15, 0.2) is 5.84 Å². The van der Waals surface area contributed by atoms with Crippen LogP contribution in [0.25, 0.3) is 6.08 Å². The van der Waals surface area contributed by atoms with Crippen molar-refractivity contribution < 1.29 is 4.79 Å². The van der Waals surface area contributed by atoms with Gasteiger partial charge in [0.2, 0.25) is 5.17 Å². The minimum absolute atomic E-state index is 0.115. The van der Waals surface area contributed by atoms with Gasteiger partial charge >= 0.3 is 0 Å². The monoisotopic (exact) mass is 412 g/mol. The van der Waals surface area contributed by atoms with Gasteiger partial charge in [-0.1, -0.05) is 44.2 Å². The topological polar surface area (TPSA) is 68.9 Å². The summed E-state index contributed by atoms with van der Waals surface area (Å²) in [7, 11) is 0. The summed E-state index contributed by atoms with van der Waals surface area (Å²) in [5.74, 6) is 0.544. The Morgan fingerprint density at radius 1 is 1.25 bits per heavy atom. The predicted molar refractivity (Wildman–Crippen MR) is 119 cm³/mol. The molecule has 0 atom stereocenters. The molecule has 146 valence electrons. The third-order valence-corrected chi connectivity index (χ3v) is 7.13. The van der Waals surface area contributed by atoms with Crippen LogP contribution in [0, 0.1) is 11.3 Å². The second-order valence-corrected chi connectivity index (χ2v) is 9.25. The fourth-order valence-corrected chi connectivity index (χ4v) is 5.11. The minimum atomic E-state index is -0.360. The first-order valence-corrected chi connectivity index (χ1v) is 11.8. The molecule has 1 aliphatic carbocycles. The van der Waals surface area contributed by atoms with Crippen molar-refractivity contribution in [1.29, 1.82) is 5.41 Å². The molecule has 28 heavy (non-hydrogen) atoms. The Morgan fingerprint density at radius 3 is 2.71 bits per heavy atom. The molecule has 0 unspecified atom stereocenters. The standard InChI is InChI=1S/C21H24N4OS2/c1-27-16-10-7-15(8-11-16)13-17-19(22)25-21(23-20(17)26)28-18(24-25)12-9-14-5-3-2-4-6-14/h7-8,10-11,13-14,22H,2-6,9,12H2,1H3/b17-13-,22-19?. The Morgan fingerprint density at radius 2 is 2.00 bits per heavy atom. The van der Waals surface area contributed by atoms with E-state index in [0.717, 1.165) is 34.3 Å². The molecule has 1 saturated carbocycles. The van der Waals surface area contributed by atoms with Gasteiger partial charge in [0.05, 0.1) is 5.57 Å². The second-order valence-electron chi connectivity index (χ2n) is 7.33. The van der Waals surface area contributed by atoms with Gasteiger partial charge in [-0.25, -0.2) is 0 Å². The Kier molecular flexibility index (Phi) is 6.01. The summed E-state index contributed by atoms with van der Waals surface area (Å²) >= 11 is 3.11. The molecule has 7 heteroatoms. The van der Waals surface area contributed by atoms with Crippen molar-refractivity contribution in [2.45, 2.75) is 49.8 Å². The van der Waals surface area contributed by atoms with Crippen LogP contribution in [0.4, 0.5) is 0 Å². The molecule has 2 heterocycles. The largest absolute Gasteiger partial charge is 0.283 e. The number of hydrazone groups is 1. The number of carbonyl (C=O) groups is 1. The van der Waals surface area contributed by atoms with E-state index >= 15 is 0 Å². The molecule has 0 radical (unpaired) electrons. The van der Waals surface area contributed by atoms with Gasteiger partial charge in [0.1, 0.15) is 5.04 Å². The van der Waals surface area contributed by atoms with Crippen molar-refractivity contribution >= 4 is 51.6 Å². The van der Waals surface area contributed by atoms with Gasteiger partial charge in [-0.05, 0) is 60.5 Å². The first-order chi connectivity index (χ1) is 13.6. The van der Waals surface area contributed by atoms with Gasteiger partial charge in [-0.3, -0.25) is 10.2 Å². The van der Waals surface area contributed by atoms with Crippen LogP contribution in [-0.2, 0) is 4.79 Å². The maximum atomic E-state index is 12.5. The van der Waals surface area contributed by atoms with E-state index in [4.69, 9.17) is 5.41 Å². The third kappa shape index (κ3) is 4.25. The van der Waals surface area contributed by atoms with Crippen LogP contribution in [0.1, 0.15) is 50.5 Å². The predicted octanol–water partition coefficient (Wildman–Crippen LogP) is 5.39. The first kappa shape index (κ1) is 19.5. The molecule has 1 amide bonds. The van der Waals surface area contributed by atoms with Gasteiger partial charge in [0, 0.05) is 4.90 Å². The highest BCUT2D eigenvalue weighted by molar-refractivity contribution is 8.26. The van der Waals surface area contributed by atoms with Crippen molar-refractivity contribution in [2.24, 2.45) is 16.0 Å². The van der Waals surface area contributed by atoms with Crippen LogP contribution in [0.3, 0.4) is 0 Å². The molecule has 1 aromatic rings. The minimum Gasteiger partial charge on any atom is -0.282 e. The van der Waals surface area contributed by atoms with Crippen LogP contribution in [0.2, 0.25) is 0 Å². The molecule has 4 rings (SSSR count). The van der Waals surface area contributed by atoms with Gasteiger partial charge in [-0.2, -0.15) is 15.1 Å². The number of amides is 1. The molecule has 0 aromatic heterocycles. The summed E-state index contributed by atoms with van der Waals surface area (Å²) in [6.45, 7) is 0. The summed E-state index contributed by atoms with van der Waals surface area (Å²) in [6, 6.07) is 7.93. The van der Waals surface area contributed by atoms with E-state index in [2.05, 4.69) is 10.1 Å². The van der Waals surface area contributed by atoms with E-state index in [1.54, 1.807) is 17.8 Å². The van der Waals surface area contributed by atoms with Crippen LogP contribution < -0.4 is 0 Å². The zero-order valence-corrected chi connectivity index (χ0v) is 17.6. The van der Waals surface area contributed by atoms with Crippen molar-refractivity contribution in [3.05, 3.63) is 35.4 Å². The molecule has 3 aliphatic rings. The number of thioether (sulfide) groups is 2. The van der Waals surface area contributed by atoms with Crippen LogP contribution in [0.15, 0.2) is 44.8 Å². The highest BCUT2D eigenvalue weighted by Crippen LogP contribution is 2.33. The number of amidine groups is 2. The molecule has 1 fully saturated rings. The van der Waals surface area contributed by atoms with E-state index in [0.29, 0.717) is 10.7 Å². The Balaban J connectivity index is 1.47. The fraction of sp³-hybridized carbons (Fsp3) is 0.429. The number of aliphatic imine (C=N–C) groups is 1. The van der Waals surface area contributed by atoms with E-state index in [9.17, 15) is 4.79 Å². The molecular weight excluding hydrogens is 388 g/mol. The van der Waals surface area contributed by atoms with Gasteiger partial charge in [-0.15, -0.1) is 11.8 Å². The summed E-state index contributed by atoms with van der Waals surface area (Å²) in [5, 5.41) is 16.1. The summed E-state index contributed by atoms with van der Waals surface area (Å²) < 4.78 is 0. The quantitative estimate of drug-likeness (QED) is 0.520. The fourth-order valence-electron chi connectivity index (χ4n) is 3.80. The van der Waals surface area contributed by atoms with Crippen LogP contribution in [0.5, 0.6) is 0 Å². The summed E-state index contributed by atoms with van der Waals surface area (Å²) in [5.41, 5.74) is 1.18. The Labute approximate surface area is 174 Å². The van der Waals surface area contributed by atoms with Crippen molar-refractivity contribution in [2.75, 3.05) is 6.26 Å². The lowest BCUT2D eigenvalue weighted by atomic mass is 9.86. The molecule has 0 bridgehead atoms. The summed E-state index contributed by atoms with van der Waals surface area (Å²) in [6.07, 6.45) is 12.5. The molecule has 1 N–H and O–H groups in total. The molecule has 0 spiro atoms. The third-order valence-electron chi connectivity index (χ3n) is 5.41. The zero-order chi connectivity index (χ0) is 19.5. The van der Waals surface area contributed by atoms with Crippen LogP contribution in [-0.4, -0.2) is 33.2 Å². The molecule has 1 aromatic carbocycles. The van der Waals surface area contributed by atoms with Crippen molar-refractivity contribution in [3.63, 3.8) is 0 Å². The lowest BCUT2D eigenvalue weighted by Crippen LogP contribution is -2.35. The lowest BCUT2D eigenvalue weighted by molar-refractivity contribution is -0.114. The second kappa shape index (κ2) is 8.66. The number of hydrogen-bond donors (Lipinski definition) is 1. The normalized spacial score (nSPS) is 21.8. The smallest absolute Gasteiger partial charge is 0.282 e. The Hall–Kier alpha value is -1.86.